The van der Waals surface area contributed by atoms with Crippen LogP contribution in [0.4, 0.5) is 0 Å². The second-order valence-corrected chi connectivity index (χ2v) is 30.9. The summed E-state index contributed by atoms with van der Waals surface area (Å²) in [6.45, 7) is 4.64. The van der Waals surface area contributed by atoms with Crippen LogP contribution >= 0.6 is 15.6 Å². The first-order valence-electron chi connectivity index (χ1n) is 42.4. The van der Waals surface area contributed by atoms with Crippen molar-refractivity contribution in [3.8, 4) is 0 Å². The van der Waals surface area contributed by atoms with Crippen molar-refractivity contribution in [3.05, 3.63) is 134 Å². The molecule has 0 amide bonds. The molecule has 0 heterocycles. The van der Waals surface area contributed by atoms with E-state index in [1.54, 1.807) is 0 Å². The molecule has 0 aromatic carbocycles. The van der Waals surface area contributed by atoms with Crippen LogP contribution in [-0.2, 0) is 65.4 Å². The van der Waals surface area contributed by atoms with Gasteiger partial charge in [0.15, 0.2) is 12.2 Å². The van der Waals surface area contributed by atoms with Gasteiger partial charge in [-0.2, -0.15) is 0 Å². The van der Waals surface area contributed by atoms with Crippen molar-refractivity contribution >= 4 is 39.5 Å². The maximum absolute atomic E-state index is 13.1. The Labute approximate surface area is 656 Å². The van der Waals surface area contributed by atoms with E-state index >= 15 is 0 Å². The zero-order valence-corrected chi connectivity index (χ0v) is 69.8. The molecule has 0 aromatic heterocycles. The molecule has 0 aliphatic heterocycles. The van der Waals surface area contributed by atoms with Gasteiger partial charge in [-0.3, -0.25) is 37.3 Å². The number of phosphoric ester groups is 2. The molecule has 0 rings (SSSR count). The van der Waals surface area contributed by atoms with E-state index in [-0.39, 0.29) is 25.7 Å². The van der Waals surface area contributed by atoms with Crippen molar-refractivity contribution in [2.75, 3.05) is 39.6 Å². The summed E-state index contributed by atoms with van der Waals surface area (Å²) < 4.78 is 68.7. The van der Waals surface area contributed by atoms with Gasteiger partial charge in [0.1, 0.15) is 19.3 Å². The third-order valence-corrected chi connectivity index (χ3v) is 19.5. The molecule has 0 aromatic rings. The lowest BCUT2D eigenvalue weighted by Gasteiger charge is -2.21. The minimum atomic E-state index is -5.01. The first kappa shape index (κ1) is 103. The van der Waals surface area contributed by atoms with Crippen LogP contribution in [0, 0.1) is 0 Å². The van der Waals surface area contributed by atoms with E-state index in [4.69, 9.17) is 37.0 Å². The zero-order valence-electron chi connectivity index (χ0n) is 68.0. The van der Waals surface area contributed by atoms with Crippen molar-refractivity contribution in [2.45, 2.75) is 367 Å². The van der Waals surface area contributed by atoms with Gasteiger partial charge >= 0.3 is 39.5 Å². The SMILES string of the molecule is CC/C=C\C/C=C\C/C=C\C/C=C\C/C=C\CCCCCC(=O)O[C@H](COC(=O)CC/C=C\C/C=C\C/C=C\C/C=C\C/C=C\CCCCC)COP(=O)(O)OC[C@@H](O)COP(=O)(O)OC[C@@H](COC(=O)CCCCCCCCCCCCCCCCC)OC(=O)CCCCCCC/C=C\CCCCCCCC. The second-order valence-electron chi connectivity index (χ2n) is 28.0. The predicted molar refractivity (Wildman–Crippen MR) is 445 cm³/mol. The Morgan fingerprint density at radius 2 is 0.500 bits per heavy atom. The third kappa shape index (κ3) is 79.3. The highest BCUT2D eigenvalue weighted by molar-refractivity contribution is 7.47. The number of rotatable bonds is 79. The molecular formula is C89H152O17P2. The molecule has 0 radical (unpaired) electrons. The molecule has 3 N–H and O–H groups in total. The lowest BCUT2D eigenvalue weighted by atomic mass is 10.0. The van der Waals surface area contributed by atoms with Crippen molar-refractivity contribution in [2.24, 2.45) is 0 Å². The van der Waals surface area contributed by atoms with Crippen molar-refractivity contribution in [3.63, 3.8) is 0 Å². The number of hydrogen-bond acceptors (Lipinski definition) is 15. The lowest BCUT2D eigenvalue weighted by molar-refractivity contribution is -0.161. The Balaban J connectivity index is 5.48. The lowest BCUT2D eigenvalue weighted by Crippen LogP contribution is -2.30. The molecular weight excluding hydrogens is 1400 g/mol. The van der Waals surface area contributed by atoms with Crippen molar-refractivity contribution in [1.29, 1.82) is 0 Å². The number of phosphoric acid groups is 2. The summed E-state index contributed by atoms with van der Waals surface area (Å²) in [4.78, 5) is 73.2. The van der Waals surface area contributed by atoms with Gasteiger partial charge in [-0.15, -0.1) is 0 Å². The largest absolute Gasteiger partial charge is 0.472 e. The topological polar surface area (TPSA) is 237 Å². The number of esters is 4. The van der Waals surface area contributed by atoms with E-state index in [1.165, 1.54) is 128 Å². The van der Waals surface area contributed by atoms with Gasteiger partial charge in [-0.1, -0.05) is 322 Å². The summed E-state index contributed by atoms with van der Waals surface area (Å²) in [6.07, 6.45) is 91.4. The number of hydrogen-bond donors (Lipinski definition) is 3. The number of unbranched alkanes of at least 4 members (excludes halogenated alkanes) is 31. The highest BCUT2D eigenvalue weighted by atomic mass is 31.2. The van der Waals surface area contributed by atoms with Crippen molar-refractivity contribution < 1.29 is 80.2 Å². The fraction of sp³-hybridized carbons (Fsp3) is 0.708. The average Bonchev–Trinajstić information content (AvgIpc) is 0.900. The van der Waals surface area contributed by atoms with Gasteiger partial charge in [-0.05, 0) is 135 Å². The Kier molecular flexibility index (Phi) is 76.7. The number of aliphatic hydroxyl groups is 1. The molecule has 0 saturated heterocycles. The molecule has 108 heavy (non-hydrogen) atoms. The molecule has 620 valence electrons. The molecule has 19 heteroatoms. The molecule has 0 aliphatic rings. The summed E-state index contributed by atoms with van der Waals surface area (Å²) in [5.74, 6) is -2.31. The summed E-state index contributed by atoms with van der Waals surface area (Å²) in [7, 11) is -10.00. The van der Waals surface area contributed by atoms with Crippen LogP contribution in [-0.4, -0.2) is 96.7 Å². The van der Waals surface area contributed by atoms with Crippen molar-refractivity contribution in [1.82, 2.24) is 0 Å². The second kappa shape index (κ2) is 80.3. The monoisotopic (exact) mass is 1560 g/mol. The molecule has 17 nitrogen and oxygen atoms in total. The standard InChI is InChI=1S/C89H152O17P2/c1-5-9-13-17-21-25-29-33-37-39-41-43-47-50-54-58-62-66-70-74-87(92)100-80-85(106-89(94)76-72-68-64-60-56-52-48-44-42-40-38-34-30-26-22-18-14-10-6-2)82-104-108(97,98)102-78-83(90)77-101-107(95,96)103-81-84(105-88(93)75-71-67-63-59-55-51-46-36-32-28-24-20-16-12-8-4)79-99-86(91)73-69-65-61-57-53-49-45-35-31-27-23-19-15-11-7-3/h10,14,21-22,25-26,33-34,36-38,41-44,46,50,52,54,56,62,66,83-85,90H,5-9,11-13,15-20,23-24,27-32,35,39-40,45,47-49,51,53,55,57-61,63-65,67-82H2,1-4H3,(H,95,96)(H,97,98)/b14-10-,25-21-,26-22-,37-33-,38-34-,43-41-,44-42-,46-36-,54-50-,56-52-,66-62-/t83-,84+,85+/m0/s1. The number of carbonyl (C=O) groups excluding carboxylic acids is 4. The Bertz CT molecular complexity index is 2560. The van der Waals surface area contributed by atoms with E-state index in [9.17, 15) is 43.2 Å². The maximum atomic E-state index is 13.1. The summed E-state index contributed by atoms with van der Waals surface area (Å²) in [5.41, 5.74) is 0. The number of carbonyl (C=O) groups is 4. The molecule has 0 bridgehead atoms. The highest BCUT2D eigenvalue weighted by Crippen LogP contribution is 2.45. The molecule has 0 fully saturated rings. The molecule has 5 atom stereocenters. The smallest absolute Gasteiger partial charge is 0.462 e. The minimum absolute atomic E-state index is 0.0271. The summed E-state index contributed by atoms with van der Waals surface area (Å²) in [6, 6.07) is 0. The van der Waals surface area contributed by atoms with Crippen LogP contribution < -0.4 is 0 Å². The van der Waals surface area contributed by atoms with Gasteiger partial charge in [0.2, 0.25) is 0 Å². The Morgan fingerprint density at radius 1 is 0.269 bits per heavy atom. The van der Waals surface area contributed by atoms with E-state index in [2.05, 4.69) is 149 Å². The van der Waals surface area contributed by atoms with Crippen LogP contribution in [0.3, 0.4) is 0 Å². The van der Waals surface area contributed by atoms with Crippen LogP contribution in [0.1, 0.15) is 349 Å². The molecule has 0 spiro atoms. The molecule has 0 saturated carbocycles. The van der Waals surface area contributed by atoms with Gasteiger partial charge in [0, 0.05) is 25.7 Å². The van der Waals surface area contributed by atoms with Gasteiger partial charge in [0.05, 0.1) is 26.4 Å². The van der Waals surface area contributed by atoms with Crippen LogP contribution in [0.15, 0.2) is 134 Å². The number of allylic oxidation sites excluding steroid dienone is 22. The van der Waals surface area contributed by atoms with E-state index < -0.39 is 97.5 Å². The van der Waals surface area contributed by atoms with Crippen LogP contribution in [0.25, 0.3) is 0 Å². The summed E-state index contributed by atoms with van der Waals surface area (Å²) in [5, 5.41) is 10.7. The molecule has 2 unspecified atom stereocenters. The Hall–Kier alpha value is -4.80. The Morgan fingerprint density at radius 3 is 0.833 bits per heavy atom. The fourth-order valence-corrected chi connectivity index (χ4v) is 12.7. The third-order valence-electron chi connectivity index (χ3n) is 17.6. The number of ether oxygens (including phenoxy) is 4. The van der Waals surface area contributed by atoms with Gasteiger partial charge < -0.3 is 33.8 Å². The molecule has 0 aliphatic carbocycles. The fourth-order valence-electron chi connectivity index (χ4n) is 11.2. The van der Waals surface area contributed by atoms with Crippen LogP contribution in [0.2, 0.25) is 0 Å². The summed E-state index contributed by atoms with van der Waals surface area (Å²) >= 11 is 0. The first-order chi connectivity index (χ1) is 52.7. The first-order valence-corrected chi connectivity index (χ1v) is 45.4. The average molecular weight is 1560 g/mol. The minimum Gasteiger partial charge on any atom is -0.462 e. The van der Waals surface area contributed by atoms with Crippen LogP contribution in [0.5, 0.6) is 0 Å². The maximum Gasteiger partial charge on any atom is 0.472 e. The normalized spacial score (nSPS) is 14.5. The number of aliphatic hydroxyl groups excluding tert-OH is 1. The zero-order chi connectivity index (χ0) is 78.9. The van der Waals surface area contributed by atoms with Gasteiger partial charge in [0.25, 0.3) is 0 Å². The van der Waals surface area contributed by atoms with Gasteiger partial charge in [-0.25, -0.2) is 9.13 Å². The predicted octanol–water partition coefficient (Wildman–Crippen LogP) is 25.2. The quantitative estimate of drug-likeness (QED) is 0.0169. The van der Waals surface area contributed by atoms with E-state index in [0.717, 1.165) is 135 Å². The van der Waals surface area contributed by atoms with E-state index in [1.807, 2.05) is 12.2 Å². The highest BCUT2D eigenvalue weighted by Gasteiger charge is 2.30. The van der Waals surface area contributed by atoms with E-state index in [0.29, 0.717) is 32.1 Å².